The van der Waals surface area contributed by atoms with Crippen LogP contribution in [0.1, 0.15) is 12.5 Å². The van der Waals surface area contributed by atoms with Crippen LogP contribution in [0.15, 0.2) is 46.8 Å². The fraction of sp³-hybridized carbons (Fsp3) is 0.167. The Morgan fingerprint density at radius 3 is 2.57 bits per heavy atom. The number of carbonyl (C=O) groups excluding carboxylic acids is 1. The second kappa shape index (κ2) is 9.04. The van der Waals surface area contributed by atoms with E-state index in [0.717, 1.165) is 41.3 Å². The second-order valence-electron chi connectivity index (χ2n) is 5.96. The van der Waals surface area contributed by atoms with Gasteiger partial charge < -0.3 is 5.32 Å². The lowest BCUT2D eigenvalue weighted by Gasteiger charge is -2.14. The Hall–Kier alpha value is -1.95. The molecule has 0 saturated carbocycles. The van der Waals surface area contributed by atoms with Crippen LogP contribution in [0.25, 0.3) is 5.69 Å². The molecule has 1 amide bonds. The molecular formula is C18H12ClF4N3OS3. The number of nitrogens with zero attached hydrogens (tertiary/aromatic N) is 2. The van der Waals surface area contributed by atoms with Gasteiger partial charge in [0.2, 0.25) is 5.91 Å². The summed E-state index contributed by atoms with van der Waals surface area (Å²) in [4.78, 5) is 12.5. The number of hydrogen-bond acceptors (Lipinski definition) is 5. The van der Waals surface area contributed by atoms with Crippen LogP contribution in [0.2, 0.25) is 5.02 Å². The summed E-state index contributed by atoms with van der Waals surface area (Å²) >= 11 is 13.4. The summed E-state index contributed by atoms with van der Waals surface area (Å²) in [5.74, 6) is -0.940. The summed E-state index contributed by atoms with van der Waals surface area (Å²) in [5, 5.41) is 6.03. The Balaban J connectivity index is 1.73. The zero-order chi connectivity index (χ0) is 22.1. The number of nitrogens with one attached hydrogen (secondary N) is 1. The maximum Gasteiger partial charge on any atom is 0.416 e. The molecule has 12 heteroatoms. The topological polar surface area (TPSA) is 46.9 Å². The summed E-state index contributed by atoms with van der Waals surface area (Å²) in [6.45, 7) is 1.58. The van der Waals surface area contributed by atoms with Crippen molar-refractivity contribution in [2.75, 3.05) is 5.32 Å². The Kier molecular flexibility index (Phi) is 6.85. The van der Waals surface area contributed by atoms with E-state index in [1.807, 2.05) is 0 Å². The minimum Gasteiger partial charge on any atom is -0.324 e. The van der Waals surface area contributed by atoms with Crippen LogP contribution >= 0.6 is 46.9 Å². The maximum atomic E-state index is 13.1. The third kappa shape index (κ3) is 5.39. The van der Waals surface area contributed by atoms with E-state index in [2.05, 4.69) is 10.4 Å². The number of benzene rings is 2. The van der Waals surface area contributed by atoms with Gasteiger partial charge in [0.25, 0.3) is 0 Å². The van der Waals surface area contributed by atoms with E-state index in [-0.39, 0.29) is 10.7 Å². The van der Waals surface area contributed by atoms with Crippen LogP contribution in [-0.4, -0.2) is 20.9 Å². The second-order valence-corrected chi connectivity index (χ2v) is 9.58. The van der Waals surface area contributed by atoms with Gasteiger partial charge in [-0.15, -0.1) is 5.10 Å². The van der Waals surface area contributed by atoms with E-state index in [9.17, 15) is 22.4 Å². The third-order valence-electron chi connectivity index (χ3n) is 3.80. The smallest absolute Gasteiger partial charge is 0.324 e. The molecule has 0 bridgehead atoms. The molecule has 0 radical (unpaired) electrons. The first-order valence-corrected chi connectivity index (χ1v) is 10.7. The molecule has 1 atom stereocenters. The summed E-state index contributed by atoms with van der Waals surface area (Å²) < 4.78 is 54.1. The van der Waals surface area contributed by atoms with Crippen LogP contribution in [0.5, 0.6) is 0 Å². The lowest BCUT2D eigenvalue weighted by atomic mass is 10.2. The molecule has 2 aromatic carbocycles. The van der Waals surface area contributed by atoms with E-state index in [0.29, 0.717) is 14.0 Å². The van der Waals surface area contributed by atoms with Gasteiger partial charge in [0.1, 0.15) is 5.82 Å². The fourth-order valence-electron chi connectivity index (χ4n) is 2.29. The molecule has 0 aliphatic heterocycles. The van der Waals surface area contributed by atoms with Crippen molar-refractivity contribution >= 4 is 58.5 Å². The molecule has 1 aromatic heterocycles. The molecule has 4 nitrogen and oxygen atoms in total. The number of thioether (sulfide) groups is 1. The summed E-state index contributed by atoms with van der Waals surface area (Å²) in [5.41, 5.74) is -0.482. The number of halogens is 5. The number of aromatic nitrogens is 2. The number of alkyl halides is 3. The predicted molar refractivity (Wildman–Crippen MR) is 113 cm³/mol. The maximum absolute atomic E-state index is 13.1. The number of amides is 1. The largest absolute Gasteiger partial charge is 0.416 e. The minimum atomic E-state index is -4.56. The van der Waals surface area contributed by atoms with Gasteiger partial charge in [-0.05, 0) is 61.6 Å². The van der Waals surface area contributed by atoms with Crippen molar-refractivity contribution in [1.82, 2.24) is 9.78 Å². The zero-order valence-corrected chi connectivity index (χ0v) is 18.2. The van der Waals surface area contributed by atoms with Gasteiger partial charge in [-0.3, -0.25) is 4.79 Å². The van der Waals surface area contributed by atoms with Crippen molar-refractivity contribution in [1.29, 1.82) is 0 Å². The molecule has 3 aromatic rings. The third-order valence-corrected chi connectivity index (χ3v) is 6.54. The highest BCUT2D eigenvalue weighted by Gasteiger charge is 2.31. The van der Waals surface area contributed by atoms with Gasteiger partial charge in [0, 0.05) is 0 Å². The van der Waals surface area contributed by atoms with Gasteiger partial charge >= 0.3 is 6.18 Å². The van der Waals surface area contributed by atoms with Crippen molar-refractivity contribution in [3.05, 3.63) is 62.8 Å². The van der Waals surface area contributed by atoms with Gasteiger partial charge in [0.05, 0.1) is 27.2 Å². The molecule has 0 aliphatic carbocycles. The van der Waals surface area contributed by atoms with Crippen LogP contribution in [-0.2, 0) is 11.0 Å². The lowest BCUT2D eigenvalue weighted by molar-refractivity contribution is -0.137. The monoisotopic (exact) mass is 493 g/mol. The van der Waals surface area contributed by atoms with Crippen molar-refractivity contribution in [2.24, 2.45) is 0 Å². The van der Waals surface area contributed by atoms with Gasteiger partial charge in [-0.2, -0.15) is 13.2 Å². The first kappa shape index (κ1) is 22.7. The highest BCUT2D eigenvalue weighted by molar-refractivity contribution is 8.02. The molecule has 0 spiro atoms. The van der Waals surface area contributed by atoms with Crippen molar-refractivity contribution in [3.8, 4) is 5.69 Å². The molecule has 1 N–H and O–H groups in total. The first-order chi connectivity index (χ1) is 14.0. The Bertz CT molecular complexity index is 1130. The van der Waals surface area contributed by atoms with Crippen molar-refractivity contribution in [3.63, 3.8) is 0 Å². The Morgan fingerprint density at radius 2 is 1.93 bits per heavy atom. The van der Waals surface area contributed by atoms with Crippen LogP contribution in [0.3, 0.4) is 0 Å². The SMILES string of the molecule is C[C@@H](Sc1nn(-c2ccc(F)cc2)c(=S)s1)C(=O)Nc1cc(C(F)(F)F)ccc1Cl. The van der Waals surface area contributed by atoms with E-state index in [1.54, 1.807) is 6.92 Å². The molecule has 0 saturated heterocycles. The fourth-order valence-corrected chi connectivity index (χ4v) is 4.96. The average molecular weight is 494 g/mol. The van der Waals surface area contributed by atoms with E-state index >= 15 is 0 Å². The number of anilines is 1. The van der Waals surface area contributed by atoms with Gasteiger partial charge in [-0.1, -0.05) is 34.7 Å². The lowest BCUT2D eigenvalue weighted by Crippen LogP contribution is -2.23. The Labute approximate surface area is 186 Å². The molecule has 3 rings (SSSR count). The van der Waals surface area contributed by atoms with Crippen molar-refractivity contribution < 1.29 is 22.4 Å². The molecule has 158 valence electrons. The van der Waals surface area contributed by atoms with E-state index in [4.69, 9.17) is 23.8 Å². The normalized spacial score (nSPS) is 12.6. The average Bonchev–Trinajstić information content (AvgIpc) is 3.03. The van der Waals surface area contributed by atoms with Crippen LogP contribution < -0.4 is 5.32 Å². The number of hydrogen-bond donors (Lipinski definition) is 1. The molecule has 0 aliphatic rings. The molecule has 0 fully saturated rings. The number of carbonyl (C=O) groups is 1. The summed E-state index contributed by atoms with van der Waals surface area (Å²) in [7, 11) is 0. The molecule has 0 unspecified atom stereocenters. The Morgan fingerprint density at radius 1 is 1.27 bits per heavy atom. The summed E-state index contributed by atoms with van der Waals surface area (Å²) in [6.07, 6.45) is -4.56. The highest BCUT2D eigenvalue weighted by atomic mass is 35.5. The summed E-state index contributed by atoms with van der Waals surface area (Å²) in [6, 6.07) is 8.29. The van der Waals surface area contributed by atoms with Crippen LogP contribution in [0.4, 0.5) is 23.2 Å². The zero-order valence-electron chi connectivity index (χ0n) is 15.0. The highest BCUT2D eigenvalue weighted by Crippen LogP contribution is 2.34. The van der Waals surface area contributed by atoms with E-state index in [1.165, 1.54) is 28.9 Å². The molecule has 1 heterocycles. The van der Waals surface area contributed by atoms with Crippen molar-refractivity contribution in [2.45, 2.75) is 22.7 Å². The first-order valence-electron chi connectivity index (χ1n) is 8.25. The minimum absolute atomic E-state index is 0.00945. The molecular weight excluding hydrogens is 482 g/mol. The standard InChI is InChI=1S/C18H12ClF4N3OS3/c1-9(15(27)24-14-8-10(18(21,22)23)2-7-13(14)19)29-16-25-26(17(28)30-16)12-5-3-11(20)4-6-12/h2-9H,1H3,(H,24,27)/t9-/m1/s1. The predicted octanol–water partition coefficient (Wildman–Crippen LogP) is 6.59. The molecule has 30 heavy (non-hydrogen) atoms. The van der Waals surface area contributed by atoms with Crippen LogP contribution in [0, 0.1) is 9.77 Å². The quantitative estimate of drug-likeness (QED) is 0.247. The van der Waals surface area contributed by atoms with Gasteiger partial charge in [-0.25, -0.2) is 9.07 Å². The van der Waals surface area contributed by atoms with Gasteiger partial charge in [0.15, 0.2) is 8.29 Å². The van der Waals surface area contributed by atoms with E-state index < -0.39 is 28.7 Å². The number of rotatable bonds is 5.